The third kappa shape index (κ3) is 3.53. The lowest BCUT2D eigenvalue weighted by molar-refractivity contribution is -0.140. The molecule has 1 N–H and O–H groups in total. The smallest absolute Gasteiger partial charge is 0.0741 e. The van der Waals surface area contributed by atoms with E-state index < -0.39 is 0 Å². The van der Waals surface area contributed by atoms with Crippen molar-refractivity contribution in [2.75, 3.05) is 19.8 Å². The van der Waals surface area contributed by atoms with Gasteiger partial charge >= 0.3 is 0 Å². The molecule has 128 valence electrons. The number of rotatable bonds is 4. The zero-order valence-corrected chi connectivity index (χ0v) is 14.0. The van der Waals surface area contributed by atoms with E-state index in [9.17, 15) is 0 Å². The Labute approximate surface area is 143 Å². The molecule has 2 aromatic rings. The Kier molecular flexibility index (Phi) is 4.65. The first-order valence-corrected chi connectivity index (χ1v) is 8.87. The van der Waals surface area contributed by atoms with Crippen LogP contribution in [0.3, 0.4) is 0 Å². The highest BCUT2D eigenvalue weighted by Gasteiger charge is 2.38. The molecule has 1 aromatic heterocycles. The van der Waals surface area contributed by atoms with Crippen LogP contribution >= 0.6 is 0 Å². The van der Waals surface area contributed by atoms with Gasteiger partial charge in [0.15, 0.2) is 0 Å². The molecule has 5 nitrogen and oxygen atoms in total. The normalized spacial score (nSPS) is 23.4. The van der Waals surface area contributed by atoms with Crippen LogP contribution in [-0.2, 0) is 16.0 Å². The van der Waals surface area contributed by atoms with Gasteiger partial charge in [-0.25, -0.2) is 4.68 Å². The summed E-state index contributed by atoms with van der Waals surface area (Å²) in [5, 5.41) is 7.98. The third-order valence-electron chi connectivity index (χ3n) is 5.20. The molecular weight excluding hydrogens is 302 g/mol. The fourth-order valence-electron chi connectivity index (χ4n) is 3.74. The Hall–Kier alpha value is -1.69. The molecule has 2 aliphatic heterocycles. The van der Waals surface area contributed by atoms with Crippen LogP contribution in [0.4, 0.5) is 0 Å². The standard InChI is InChI=1S/C19H25N3O2/c1-9-21-22(10-1)18-4-2-16(3-5-18)15-20-17-6-11-24-19(14-17)7-12-23-13-8-19/h1-5,9-10,17,20H,6-8,11-15H2/t17-/m1/s1. The zero-order valence-electron chi connectivity index (χ0n) is 14.0. The minimum Gasteiger partial charge on any atom is -0.381 e. The second-order valence-electron chi connectivity index (χ2n) is 6.83. The molecule has 0 radical (unpaired) electrons. The van der Waals surface area contributed by atoms with Crippen molar-refractivity contribution >= 4 is 0 Å². The average Bonchev–Trinajstić information content (AvgIpc) is 3.16. The van der Waals surface area contributed by atoms with Crippen LogP contribution in [0.5, 0.6) is 0 Å². The van der Waals surface area contributed by atoms with Gasteiger partial charge in [-0.3, -0.25) is 0 Å². The van der Waals surface area contributed by atoms with Crippen LogP contribution in [0.2, 0.25) is 0 Å². The zero-order chi connectivity index (χ0) is 16.2. The van der Waals surface area contributed by atoms with Gasteiger partial charge in [-0.2, -0.15) is 5.10 Å². The van der Waals surface area contributed by atoms with Gasteiger partial charge in [-0.05, 0) is 49.4 Å². The van der Waals surface area contributed by atoms with E-state index in [-0.39, 0.29) is 5.60 Å². The van der Waals surface area contributed by atoms with E-state index in [1.165, 1.54) is 5.56 Å². The molecule has 4 rings (SSSR count). The monoisotopic (exact) mass is 327 g/mol. The van der Waals surface area contributed by atoms with Gasteiger partial charge in [-0.1, -0.05) is 12.1 Å². The van der Waals surface area contributed by atoms with E-state index in [2.05, 4.69) is 34.7 Å². The van der Waals surface area contributed by atoms with Gasteiger partial charge in [0.25, 0.3) is 0 Å². The summed E-state index contributed by atoms with van der Waals surface area (Å²) in [5.41, 5.74) is 2.45. The van der Waals surface area contributed by atoms with Crippen molar-refractivity contribution in [3.05, 3.63) is 48.3 Å². The first-order valence-electron chi connectivity index (χ1n) is 8.87. The van der Waals surface area contributed by atoms with Crippen LogP contribution in [-0.4, -0.2) is 41.2 Å². The maximum absolute atomic E-state index is 6.12. The molecule has 0 unspecified atom stereocenters. The Bertz CT molecular complexity index is 628. The highest BCUT2D eigenvalue weighted by Crippen LogP contribution is 2.34. The quantitative estimate of drug-likeness (QED) is 0.938. The summed E-state index contributed by atoms with van der Waals surface area (Å²) < 4.78 is 13.5. The average molecular weight is 327 g/mol. The second kappa shape index (κ2) is 7.05. The van der Waals surface area contributed by atoms with Crippen molar-refractivity contribution in [1.82, 2.24) is 15.1 Å². The fraction of sp³-hybridized carbons (Fsp3) is 0.526. The van der Waals surface area contributed by atoms with Crippen LogP contribution < -0.4 is 5.32 Å². The SMILES string of the molecule is c1cnn(-c2ccc(CN[C@@H]3CCOC4(CCOCC4)C3)cc2)c1. The van der Waals surface area contributed by atoms with Crippen molar-refractivity contribution in [3.63, 3.8) is 0 Å². The minimum atomic E-state index is 0.0537. The predicted molar refractivity (Wildman–Crippen MR) is 92.2 cm³/mol. The summed E-state index contributed by atoms with van der Waals surface area (Å²) in [6, 6.07) is 11.1. The van der Waals surface area contributed by atoms with Gasteiger partial charge in [0.2, 0.25) is 0 Å². The van der Waals surface area contributed by atoms with Crippen molar-refractivity contribution in [3.8, 4) is 5.69 Å². The summed E-state index contributed by atoms with van der Waals surface area (Å²) in [7, 11) is 0. The van der Waals surface area contributed by atoms with E-state index in [0.717, 1.165) is 57.7 Å². The number of nitrogens with one attached hydrogen (secondary N) is 1. The summed E-state index contributed by atoms with van der Waals surface area (Å²) in [6.45, 7) is 3.43. The van der Waals surface area contributed by atoms with Crippen molar-refractivity contribution < 1.29 is 9.47 Å². The number of hydrogen-bond donors (Lipinski definition) is 1. The van der Waals surface area contributed by atoms with Crippen molar-refractivity contribution in [2.24, 2.45) is 0 Å². The van der Waals surface area contributed by atoms with Gasteiger partial charge in [0.05, 0.1) is 11.3 Å². The van der Waals surface area contributed by atoms with Crippen LogP contribution in [0.25, 0.3) is 5.69 Å². The Morgan fingerprint density at radius 1 is 1.17 bits per heavy atom. The minimum absolute atomic E-state index is 0.0537. The number of benzene rings is 1. The predicted octanol–water partition coefficient (Wildman–Crippen LogP) is 2.69. The highest BCUT2D eigenvalue weighted by molar-refractivity contribution is 5.33. The summed E-state index contributed by atoms with van der Waals surface area (Å²) in [5.74, 6) is 0. The molecule has 0 bridgehead atoms. The first-order chi connectivity index (χ1) is 11.8. The lowest BCUT2D eigenvalue weighted by Crippen LogP contribution is -2.49. The maximum Gasteiger partial charge on any atom is 0.0741 e. The molecule has 2 saturated heterocycles. The molecule has 0 saturated carbocycles. The first kappa shape index (κ1) is 15.8. The van der Waals surface area contributed by atoms with Gasteiger partial charge in [0.1, 0.15) is 0 Å². The number of aromatic nitrogens is 2. The fourth-order valence-corrected chi connectivity index (χ4v) is 3.74. The molecule has 1 aromatic carbocycles. The lowest BCUT2D eigenvalue weighted by atomic mass is 9.84. The van der Waals surface area contributed by atoms with Crippen LogP contribution in [0, 0.1) is 0 Å². The van der Waals surface area contributed by atoms with Gasteiger partial charge < -0.3 is 14.8 Å². The Morgan fingerprint density at radius 2 is 2.00 bits per heavy atom. The van der Waals surface area contributed by atoms with Gasteiger partial charge in [0, 0.05) is 44.8 Å². The molecular formula is C19H25N3O2. The Balaban J connectivity index is 1.33. The van der Waals surface area contributed by atoms with Crippen molar-refractivity contribution in [2.45, 2.75) is 43.9 Å². The summed E-state index contributed by atoms with van der Waals surface area (Å²) in [4.78, 5) is 0. The number of ether oxygens (including phenoxy) is 2. The van der Waals surface area contributed by atoms with Crippen LogP contribution in [0.1, 0.15) is 31.2 Å². The van der Waals surface area contributed by atoms with Crippen LogP contribution in [0.15, 0.2) is 42.7 Å². The highest BCUT2D eigenvalue weighted by atomic mass is 16.5. The molecule has 0 amide bonds. The van der Waals surface area contributed by atoms with Crippen molar-refractivity contribution in [1.29, 1.82) is 0 Å². The maximum atomic E-state index is 6.12. The summed E-state index contributed by atoms with van der Waals surface area (Å²) >= 11 is 0. The Morgan fingerprint density at radius 3 is 2.75 bits per heavy atom. The molecule has 2 fully saturated rings. The summed E-state index contributed by atoms with van der Waals surface area (Å²) in [6.07, 6.45) is 8.01. The molecule has 5 heteroatoms. The second-order valence-corrected chi connectivity index (χ2v) is 6.83. The van der Waals surface area contributed by atoms with Gasteiger partial charge in [-0.15, -0.1) is 0 Å². The van der Waals surface area contributed by atoms with E-state index in [4.69, 9.17) is 9.47 Å². The van der Waals surface area contributed by atoms with E-state index in [0.29, 0.717) is 6.04 Å². The number of hydrogen-bond acceptors (Lipinski definition) is 4. The lowest BCUT2D eigenvalue weighted by Gasteiger charge is -2.43. The molecule has 1 spiro atoms. The third-order valence-corrected chi connectivity index (χ3v) is 5.20. The molecule has 2 aliphatic rings. The largest absolute Gasteiger partial charge is 0.381 e. The topological polar surface area (TPSA) is 48.3 Å². The molecule has 0 aliphatic carbocycles. The molecule has 1 atom stereocenters. The number of nitrogens with zero attached hydrogens (tertiary/aromatic N) is 2. The van der Waals surface area contributed by atoms with E-state index in [1.807, 2.05) is 16.9 Å². The molecule has 24 heavy (non-hydrogen) atoms. The molecule has 3 heterocycles. The van der Waals surface area contributed by atoms with E-state index >= 15 is 0 Å². The van der Waals surface area contributed by atoms with E-state index in [1.54, 1.807) is 6.20 Å².